The van der Waals surface area contributed by atoms with Crippen molar-refractivity contribution >= 4 is 5.91 Å². The van der Waals surface area contributed by atoms with Crippen molar-refractivity contribution in [3.8, 4) is 11.5 Å². The van der Waals surface area contributed by atoms with Gasteiger partial charge in [0.1, 0.15) is 5.60 Å². The number of ether oxygens (including phenoxy) is 3. The van der Waals surface area contributed by atoms with Crippen LogP contribution in [-0.4, -0.2) is 49.9 Å². The molecule has 23 heavy (non-hydrogen) atoms. The number of piperidine rings is 1. The Bertz CT molecular complexity index is 570. The normalized spacial score (nSPS) is 18.7. The fourth-order valence-electron chi connectivity index (χ4n) is 3.21. The molecule has 1 fully saturated rings. The Kier molecular flexibility index (Phi) is 4.73. The summed E-state index contributed by atoms with van der Waals surface area (Å²) in [6.07, 6.45) is 1.42. The van der Waals surface area contributed by atoms with E-state index in [1.54, 1.807) is 7.11 Å². The summed E-state index contributed by atoms with van der Waals surface area (Å²) in [6.45, 7) is 5.06. The lowest BCUT2D eigenvalue weighted by Crippen LogP contribution is -2.55. The summed E-state index contributed by atoms with van der Waals surface area (Å²) in [4.78, 5) is 14.9. The zero-order valence-corrected chi connectivity index (χ0v) is 13.8. The fraction of sp³-hybridized carbons (Fsp3) is 0.588. The van der Waals surface area contributed by atoms with Gasteiger partial charge >= 0.3 is 0 Å². The Hall–Kier alpha value is -1.79. The number of nitrogens with zero attached hydrogens (tertiary/aromatic N) is 1. The van der Waals surface area contributed by atoms with Gasteiger partial charge in [0.05, 0.1) is 0 Å². The minimum Gasteiger partial charge on any atom is -0.454 e. The van der Waals surface area contributed by atoms with Crippen LogP contribution in [0.2, 0.25) is 0 Å². The van der Waals surface area contributed by atoms with Crippen LogP contribution in [0, 0.1) is 0 Å². The maximum Gasteiger partial charge on any atom is 0.255 e. The van der Waals surface area contributed by atoms with Gasteiger partial charge in [-0.3, -0.25) is 4.79 Å². The van der Waals surface area contributed by atoms with Crippen LogP contribution in [0.15, 0.2) is 18.2 Å². The van der Waals surface area contributed by atoms with E-state index in [-0.39, 0.29) is 12.7 Å². The second-order valence-electron chi connectivity index (χ2n) is 5.96. The number of fused-ring (bicyclic) bond motifs is 1. The minimum atomic E-state index is -0.697. The van der Waals surface area contributed by atoms with Crippen LogP contribution < -0.4 is 14.8 Å². The van der Waals surface area contributed by atoms with Gasteiger partial charge in [-0.1, -0.05) is 6.07 Å². The Morgan fingerprint density at radius 3 is 2.74 bits per heavy atom. The molecule has 3 rings (SSSR count). The van der Waals surface area contributed by atoms with Gasteiger partial charge < -0.3 is 24.4 Å². The van der Waals surface area contributed by atoms with Crippen molar-refractivity contribution in [3.63, 3.8) is 0 Å². The van der Waals surface area contributed by atoms with Gasteiger partial charge in [0.15, 0.2) is 11.5 Å². The van der Waals surface area contributed by atoms with Crippen molar-refractivity contribution in [2.75, 3.05) is 33.5 Å². The highest BCUT2D eigenvalue weighted by molar-refractivity contribution is 5.85. The summed E-state index contributed by atoms with van der Waals surface area (Å²) in [7, 11) is 1.64. The van der Waals surface area contributed by atoms with E-state index in [1.807, 2.05) is 30.0 Å². The number of rotatable bonds is 5. The number of carbonyl (C=O) groups excluding carboxylic acids is 1. The van der Waals surface area contributed by atoms with Crippen molar-refractivity contribution in [1.29, 1.82) is 0 Å². The lowest BCUT2D eigenvalue weighted by atomic mass is 9.90. The van der Waals surface area contributed by atoms with Crippen LogP contribution >= 0.6 is 0 Å². The van der Waals surface area contributed by atoms with E-state index < -0.39 is 5.60 Å². The monoisotopic (exact) mass is 320 g/mol. The van der Waals surface area contributed by atoms with Crippen molar-refractivity contribution in [3.05, 3.63) is 23.8 Å². The lowest BCUT2D eigenvalue weighted by molar-refractivity contribution is -0.158. The number of benzene rings is 1. The molecule has 2 aliphatic rings. The first-order valence-electron chi connectivity index (χ1n) is 8.12. The van der Waals surface area contributed by atoms with E-state index in [4.69, 9.17) is 14.2 Å². The fourth-order valence-corrected chi connectivity index (χ4v) is 3.21. The zero-order valence-electron chi connectivity index (χ0n) is 13.8. The lowest BCUT2D eigenvalue weighted by Gasteiger charge is -2.38. The molecule has 126 valence electrons. The molecule has 6 heteroatoms. The van der Waals surface area contributed by atoms with E-state index in [0.717, 1.165) is 30.2 Å². The molecule has 1 amide bonds. The largest absolute Gasteiger partial charge is 0.454 e. The number of nitrogens with one attached hydrogen (secondary N) is 1. The number of likely N-dealkylation sites (N-methyl/N-ethyl adjacent to an activating group) is 1. The average Bonchev–Trinajstić information content (AvgIpc) is 3.07. The van der Waals surface area contributed by atoms with Crippen LogP contribution in [-0.2, 0) is 16.1 Å². The van der Waals surface area contributed by atoms with Crippen molar-refractivity contribution in [1.82, 2.24) is 10.2 Å². The maximum absolute atomic E-state index is 13.0. The number of carbonyl (C=O) groups is 1. The molecular weight excluding hydrogens is 296 g/mol. The first kappa shape index (κ1) is 16.1. The Morgan fingerprint density at radius 1 is 1.30 bits per heavy atom. The summed E-state index contributed by atoms with van der Waals surface area (Å²) < 4.78 is 16.4. The standard InChI is InChI=1S/C17H24N2O4/c1-3-19(16(20)17(21-2)6-8-18-9-7-17)11-13-4-5-14-15(10-13)23-12-22-14/h4-5,10,18H,3,6-9,11-12H2,1-2H3. The topological polar surface area (TPSA) is 60.0 Å². The Labute approximate surface area is 136 Å². The number of amides is 1. The zero-order chi connectivity index (χ0) is 16.3. The van der Waals surface area contributed by atoms with Crippen molar-refractivity contribution in [2.45, 2.75) is 31.9 Å². The van der Waals surface area contributed by atoms with E-state index >= 15 is 0 Å². The summed E-state index contributed by atoms with van der Waals surface area (Å²) in [5.41, 5.74) is 0.335. The third-order valence-electron chi connectivity index (χ3n) is 4.67. The third kappa shape index (κ3) is 3.14. The van der Waals surface area contributed by atoms with E-state index in [1.165, 1.54) is 0 Å². The number of hydrogen-bond acceptors (Lipinski definition) is 5. The first-order valence-corrected chi connectivity index (χ1v) is 8.12. The summed E-state index contributed by atoms with van der Waals surface area (Å²) in [6, 6.07) is 5.82. The quantitative estimate of drug-likeness (QED) is 0.891. The Balaban J connectivity index is 1.75. The number of methoxy groups -OCH3 is 1. The van der Waals surface area contributed by atoms with Crippen LogP contribution in [0.1, 0.15) is 25.3 Å². The van der Waals surface area contributed by atoms with E-state index in [9.17, 15) is 4.79 Å². The van der Waals surface area contributed by atoms with Crippen LogP contribution in [0.5, 0.6) is 11.5 Å². The van der Waals surface area contributed by atoms with Crippen LogP contribution in [0.3, 0.4) is 0 Å². The molecule has 2 heterocycles. The highest BCUT2D eigenvalue weighted by Crippen LogP contribution is 2.33. The van der Waals surface area contributed by atoms with Crippen LogP contribution in [0.25, 0.3) is 0 Å². The molecule has 0 radical (unpaired) electrons. The molecule has 1 N–H and O–H groups in total. The SMILES string of the molecule is CCN(Cc1ccc2c(c1)OCO2)C(=O)C1(OC)CCNCC1. The molecule has 2 aliphatic heterocycles. The van der Waals surface area contributed by atoms with Crippen LogP contribution in [0.4, 0.5) is 0 Å². The molecule has 0 bridgehead atoms. The molecule has 1 aromatic carbocycles. The molecular formula is C17H24N2O4. The van der Waals surface area contributed by atoms with E-state index in [0.29, 0.717) is 25.9 Å². The van der Waals surface area contributed by atoms with Gasteiger partial charge in [-0.25, -0.2) is 0 Å². The van der Waals surface area contributed by atoms with E-state index in [2.05, 4.69) is 5.32 Å². The minimum absolute atomic E-state index is 0.0710. The molecule has 1 saturated heterocycles. The number of hydrogen-bond donors (Lipinski definition) is 1. The molecule has 0 atom stereocenters. The second-order valence-corrected chi connectivity index (χ2v) is 5.96. The summed E-state index contributed by atoms with van der Waals surface area (Å²) in [5.74, 6) is 1.57. The van der Waals surface area contributed by atoms with Gasteiger partial charge in [-0.2, -0.15) is 0 Å². The maximum atomic E-state index is 13.0. The molecule has 6 nitrogen and oxygen atoms in total. The third-order valence-corrected chi connectivity index (χ3v) is 4.67. The molecule has 0 spiro atoms. The second kappa shape index (κ2) is 6.76. The molecule has 1 aromatic rings. The first-order chi connectivity index (χ1) is 11.2. The van der Waals surface area contributed by atoms with Gasteiger partial charge in [0.2, 0.25) is 6.79 Å². The molecule has 0 unspecified atom stereocenters. The van der Waals surface area contributed by atoms with Crippen molar-refractivity contribution < 1.29 is 19.0 Å². The van der Waals surface area contributed by atoms with Gasteiger partial charge in [0.25, 0.3) is 5.91 Å². The smallest absolute Gasteiger partial charge is 0.255 e. The summed E-state index contributed by atoms with van der Waals surface area (Å²) >= 11 is 0. The Morgan fingerprint density at radius 2 is 2.04 bits per heavy atom. The average molecular weight is 320 g/mol. The van der Waals surface area contributed by atoms with Crippen molar-refractivity contribution in [2.24, 2.45) is 0 Å². The van der Waals surface area contributed by atoms with Gasteiger partial charge in [-0.15, -0.1) is 0 Å². The highest BCUT2D eigenvalue weighted by Gasteiger charge is 2.42. The molecule has 0 aliphatic carbocycles. The van der Waals surface area contributed by atoms with Gasteiger partial charge in [0, 0.05) is 20.2 Å². The predicted molar refractivity (Wildman–Crippen MR) is 85.5 cm³/mol. The van der Waals surface area contributed by atoms with Gasteiger partial charge in [-0.05, 0) is 50.6 Å². The molecule has 0 saturated carbocycles. The summed E-state index contributed by atoms with van der Waals surface area (Å²) in [5, 5.41) is 3.28. The predicted octanol–water partition coefficient (Wildman–Crippen LogP) is 1.53. The highest BCUT2D eigenvalue weighted by atomic mass is 16.7. The molecule has 0 aromatic heterocycles.